The summed E-state index contributed by atoms with van der Waals surface area (Å²) in [6, 6.07) is 6.10. The molecule has 6 nitrogen and oxygen atoms in total. The number of H-pyrrole nitrogens is 1. The minimum absolute atomic E-state index is 0.103. The molecule has 0 atom stereocenters. The number of carbonyl (C=O) groups excluding carboxylic acids is 1. The molecule has 0 radical (unpaired) electrons. The standard InChI is InChI=1S/C15H18N4O2S/c20-15(21)9-12-11-22-14(17-12)10-18-5-7-19(8-6-18)13-3-1-2-4-16-13/h1-4,11H,5-10H2,(H,20,21). The molecule has 1 fully saturated rings. The number of aromatic amines is 1. The summed E-state index contributed by atoms with van der Waals surface area (Å²) in [4.78, 5) is 22.9. The summed E-state index contributed by atoms with van der Waals surface area (Å²) >= 11 is 1.52. The molecular weight excluding hydrogens is 300 g/mol. The van der Waals surface area contributed by atoms with Crippen LogP contribution in [0, 0.1) is 0 Å². The van der Waals surface area contributed by atoms with Crippen LogP contribution in [0.25, 0.3) is 0 Å². The molecule has 0 spiro atoms. The summed E-state index contributed by atoms with van der Waals surface area (Å²) in [6.07, 6.45) is 1.84. The topological polar surface area (TPSA) is 73.6 Å². The number of anilines is 1. The highest BCUT2D eigenvalue weighted by molar-refractivity contribution is 7.09. The van der Waals surface area contributed by atoms with Crippen molar-refractivity contribution in [2.45, 2.75) is 13.0 Å². The number of hydrogen-bond acceptors (Lipinski definition) is 6. The van der Waals surface area contributed by atoms with Gasteiger partial charge in [0.25, 0.3) is 5.82 Å². The summed E-state index contributed by atoms with van der Waals surface area (Å²) in [6.45, 7) is 4.66. The van der Waals surface area contributed by atoms with E-state index in [4.69, 9.17) is 0 Å². The van der Waals surface area contributed by atoms with Crippen LogP contribution in [-0.4, -0.2) is 42.0 Å². The molecule has 0 saturated carbocycles. The molecule has 3 rings (SSSR count). The molecule has 0 amide bonds. The smallest absolute Gasteiger partial charge is 0.274 e. The van der Waals surface area contributed by atoms with E-state index in [-0.39, 0.29) is 6.42 Å². The van der Waals surface area contributed by atoms with Gasteiger partial charge in [-0.1, -0.05) is 6.07 Å². The Morgan fingerprint density at radius 2 is 2.14 bits per heavy atom. The quantitative estimate of drug-likeness (QED) is 0.748. The zero-order valence-corrected chi connectivity index (χ0v) is 13.0. The van der Waals surface area contributed by atoms with Gasteiger partial charge in [0, 0.05) is 36.9 Å². The van der Waals surface area contributed by atoms with Crippen LogP contribution >= 0.6 is 11.3 Å². The van der Waals surface area contributed by atoms with E-state index in [0.717, 1.165) is 43.5 Å². The van der Waals surface area contributed by atoms with E-state index >= 15 is 0 Å². The van der Waals surface area contributed by atoms with Crippen molar-refractivity contribution in [3.63, 3.8) is 0 Å². The molecule has 0 bridgehead atoms. The third-order valence-corrected chi connectivity index (χ3v) is 4.57. The molecule has 0 unspecified atom stereocenters. The second-order valence-corrected chi connectivity index (χ2v) is 6.24. The Labute approximate surface area is 133 Å². The van der Waals surface area contributed by atoms with Crippen molar-refractivity contribution in [3.8, 4) is 0 Å². The predicted octanol–water partition coefficient (Wildman–Crippen LogP) is -0.428. The van der Waals surface area contributed by atoms with Crippen LogP contribution in [0.3, 0.4) is 0 Å². The average molecular weight is 318 g/mol. The lowest BCUT2D eigenvalue weighted by atomic mass is 10.3. The Hall–Kier alpha value is -1.99. The first-order valence-electron chi connectivity index (χ1n) is 7.28. The predicted molar refractivity (Wildman–Crippen MR) is 81.3 cm³/mol. The van der Waals surface area contributed by atoms with Crippen molar-refractivity contribution in [1.82, 2.24) is 9.88 Å². The number of nitrogens with one attached hydrogen (secondary N) is 1. The molecule has 1 saturated heterocycles. The van der Waals surface area contributed by atoms with Crippen molar-refractivity contribution in [1.29, 1.82) is 0 Å². The molecule has 0 aromatic carbocycles. The van der Waals surface area contributed by atoms with E-state index in [0.29, 0.717) is 5.69 Å². The molecule has 0 aliphatic carbocycles. The number of rotatable bonds is 5. The Balaban J connectivity index is 1.51. The van der Waals surface area contributed by atoms with Gasteiger partial charge in [0.2, 0.25) is 0 Å². The van der Waals surface area contributed by atoms with Gasteiger partial charge < -0.3 is 9.90 Å². The molecule has 1 aliphatic heterocycles. The Bertz CT molecular complexity index is 623. The number of carboxylic acid groups (broad SMARTS) is 1. The molecule has 116 valence electrons. The number of thiazole rings is 1. The second kappa shape index (κ2) is 6.85. The largest absolute Gasteiger partial charge is 0.550 e. The fourth-order valence-electron chi connectivity index (χ4n) is 2.57. The van der Waals surface area contributed by atoms with E-state index in [9.17, 15) is 9.90 Å². The summed E-state index contributed by atoms with van der Waals surface area (Å²) in [5, 5.41) is 13.3. The Kier molecular flexibility index (Phi) is 4.65. The Morgan fingerprint density at radius 3 is 2.82 bits per heavy atom. The van der Waals surface area contributed by atoms with Crippen LogP contribution in [-0.2, 0) is 17.8 Å². The number of aliphatic carboxylic acids is 1. The molecule has 22 heavy (non-hydrogen) atoms. The first-order valence-corrected chi connectivity index (χ1v) is 8.16. The highest BCUT2D eigenvalue weighted by atomic mass is 32.1. The molecule has 2 aromatic rings. The lowest BCUT2D eigenvalue weighted by molar-refractivity contribution is -0.364. The van der Waals surface area contributed by atoms with Gasteiger partial charge in [0.15, 0.2) is 0 Å². The van der Waals surface area contributed by atoms with Crippen LogP contribution in [0.1, 0.15) is 10.7 Å². The van der Waals surface area contributed by atoms with Gasteiger partial charge in [-0.05, 0) is 6.07 Å². The first kappa shape index (κ1) is 14.9. The van der Waals surface area contributed by atoms with E-state index < -0.39 is 5.97 Å². The van der Waals surface area contributed by atoms with Gasteiger partial charge in [0.1, 0.15) is 5.01 Å². The van der Waals surface area contributed by atoms with Crippen molar-refractivity contribution in [3.05, 3.63) is 40.5 Å². The van der Waals surface area contributed by atoms with E-state index in [1.54, 1.807) is 5.38 Å². The summed E-state index contributed by atoms with van der Waals surface area (Å²) in [5.74, 6) is 0.0669. The number of aromatic nitrogens is 2. The van der Waals surface area contributed by atoms with Gasteiger partial charge in [-0.2, -0.15) is 0 Å². The summed E-state index contributed by atoms with van der Waals surface area (Å²) < 4.78 is 0. The maximum atomic E-state index is 10.6. The van der Waals surface area contributed by atoms with Crippen LogP contribution < -0.4 is 15.0 Å². The zero-order chi connectivity index (χ0) is 15.4. The van der Waals surface area contributed by atoms with Crippen molar-refractivity contribution < 1.29 is 14.9 Å². The molecule has 7 heteroatoms. The lowest BCUT2D eigenvalue weighted by Crippen LogP contribution is -2.47. The minimum atomic E-state index is -1.08. The minimum Gasteiger partial charge on any atom is -0.550 e. The Morgan fingerprint density at radius 1 is 1.32 bits per heavy atom. The third kappa shape index (κ3) is 3.80. The maximum Gasteiger partial charge on any atom is 0.274 e. The maximum absolute atomic E-state index is 10.6. The van der Waals surface area contributed by atoms with Crippen LogP contribution in [0.4, 0.5) is 5.82 Å². The normalized spacial score (nSPS) is 15.9. The fourth-order valence-corrected chi connectivity index (χ4v) is 3.40. The van der Waals surface area contributed by atoms with E-state index in [1.807, 2.05) is 18.3 Å². The molecule has 1 N–H and O–H groups in total. The first-order chi connectivity index (χ1) is 10.7. The summed E-state index contributed by atoms with van der Waals surface area (Å²) in [7, 11) is 0. The number of carbonyl (C=O) groups is 1. The summed E-state index contributed by atoms with van der Waals surface area (Å²) in [5.41, 5.74) is 0.595. The highest BCUT2D eigenvalue weighted by Gasteiger charge is 2.23. The number of carboxylic acids is 1. The van der Waals surface area contributed by atoms with Crippen LogP contribution in [0.5, 0.6) is 0 Å². The number of piperazine rings is 1. The molecule has 2 aromatic heterocycles. The van der Waals surface area contributed by atoms with Crippen LogP contribution in [0.15, 0.2) is 29.8 Å². The average Bonchev–Trinajstić information content (AvgIpc) is 2.95. The molecule has 1 aliphatic rings. The van der Waals surface area contributed by atoms with Crippen molar-refractivity contribution >= 4 is 23.1 Å². The lowest BCUT2D eigenvalue weighted by Gasteiger charge is -2.30. The van der Waals surface area contributed by atoms with E-state index in [2.05, 4.69) is 25.8 Å². The van der Waals surface area contributed by atoms with Gasteiger partial charge in [-0.15, -0.1) is 11.3 Å². The van der Waals surface area contributed by atoms with Crippen molar-refractivity contribution in [2.24, 2.45) is 0 Å². The van der Waals surface area contributed by atoms with Gasteiger partial charge in [-0.3, -0.25) is 9.80 Å². The third-order valence-electron chi connectivity index (χ3n) is 3.69. The number of hydrogen-bond donors (Lipinski definition) is 0. The monoisotopic (exact) mass is 318 g/mol. The fraction of sp³-hybridized carbons (Fsp3) is 0.400. The van der Waals surface area contributed by atoms with Crippen molar-refractivity contribution in [2.75, 3.05) is 31.1 Å². The molecular formula is C15H18N4O2S. The zero-order valence-electron chi connectivity index (χ0n) is 12.2. The van der Waals surface area contributed by atoms with Gasteiger partial charge in [0.05, 0.1) is 31.5 Å². The van der Waals surface area contributed by atoms with E-state index in [1.165, 1.54) is 11.3 Å². The SMILES string of the molecule is O=C([O-])Cc1csc(CN2CCN(c3cccc[nH+]3)CC2)n1. The van der Waals surface area contributed by atoms with Crippen LogP contribution in [0.2, 0.25) is 0 Å². The van der Waals surface area contributed by atoms with Gasteiger partial charge >= 0.3 is 0 Å². The number of nitrogens with zero attached hydrogens (tertiary/aromatic N) is 3. The van der Waals surface area contributed by atoms with Gasteiger partial charge in [-0.25, -0.2) is 9.97 Å². The molecule has 3 heterocycles. The number of pyridine rings is 1. The second-order valence-electron chi connectivity index (χ2n) is 5.29. The highest BCUT2D eigenvalue weighted by Crippen LogP contribution is 2.15.